The van der Waals surface area contributed by atoms with Gasteiger partial charge in [-0.05, 0) is 12.8 Å². The Kier molecular flexibility index (Phi) is 5.16. The highest BCUT2D eigenvalue weighted by molar-refractivity contribution is 7.88. The Morgan fingerprint density at radius 2 is 1.89 bits per heavy atom. The summed E-state index contributed by atoms with van der Waals surface area (Å²) in [5.74, 6) is -1.19. The van der Waals surface area contributed by atoms with Crippen LogP contribution in [0.4, 0.5) is 13.2 Å². The lowest BCUT2D eigenvalue weighted by Crippen LogP contribution is -2.43. The van der Waals surface area contributed by atoms with E-state index in [0.717, 1.165) is 6.26 Å². The van der Waals surface area contributed by atoms with Gasteiger partial charge in [0.1, 0.15) is 0 Å². The van der Waals surface area contributed by atoms with Gasteiger partial charge in [-0.3, -0.25) is 9.63 Å². The third-order valence-electron chi connectivity index (χ3n) is 2.70. The monoisotopic (exact) mass is 304 g/mol. The lowest BCUT2D eigenvalue weighted by atomic mass is 9.98. The maximum absolute atomic E-state index is 11.8. The molecule has 1 aliphatic rings. The molecule has 1 heterocycles. The van der Waals surface area contributed by atoms with Gasteiger partial charge in [-0.25, -0.2) is 18.2 Å². The van der Waals surface area contributed by atoms with Gasteiger partial charge in [0.2, 0.25) is 15.9 Å². The second-order valence-electron chi connectivity index (χ2n) is 4.31. The van der Waals surface area contributed by atoms with Crippen LogP contribution in [0.1, 0.15) is 12.8 Å². The molecule has 1 N–H and O–H groups in total. The summed E-state index contributed by atoms with van der Waals surface area (Å²) in [6, 6.07) is 0. The first-order valence-corrected chi connectivity index (χ1v) is 7.38. The van der Waals surface area contributed by atoms with Crippen molar-refractivity contribution in [3.63, 3.8) is 0 Å². The Morgan fingerprint density at radius 1 is 1.37 bits per heavy atom. The molecule has 0 aliphatic carbocycles. The van der Waals surface area contributed by atoms with Gasteiger partial charge in [-0.2, -0.15) is 13.2 Å². The van der Waals surface area contributed by atoms with Crippen LogP contribution in [0.25, 0.3) is 0 Å². The normalized spacial score (nSPS) is 19.4. The number of hydroxylamine groups is 1. The molecule has 0 unspecified atom stereocenters. The Hall–Kier alpha value is -0.870. The van der Waals surface area contributed by atoms with Gasteiger partial charge in [0.05, 0.1) is 6.26 Å². The maximum Gasteiger partial charge on any atom is 0.414 e. The minimum absolute atomic E-state index is 0.177. The number of carbonyl (C=O) groups excluding carboxylic acids is 1. The molecule has 6 nitrogen and oxygen atoms in total. The number of amides is 1. The number of rotatable bonds is 4. The molecule has 0 saturated carbocycles. The van der Waals surface area contributed by atoms with Gasteiger partial charge in [0.25, 0.3) is 0 Å². The van der Waals surface area contributed by atoms with Gasteiger partial charge in [0, 0.05) is 19.0 Å². The molecule has 1 aliphatic heterocycles. The molecule has 19 heavy (non-hydrogen) atoms. The number of nitrogens with zero attached hydrogens (tertiary/aromatic N) is 1. The van der Waals surface area contributed by atoms with Crippen molar-refractivity contribution in [2.45, 2.75) is 19.0 Å². The fourth-order valence-corrected chi connectivity index (χ4v) is 2.60. The van der Waals surface area contributed by atoms with Gasteiger partial charge in [-0.1, -0.05) is 0 Å². The fraction of sp³-hybridized carbons (Fsp3) is 0.889. The third kappa shape index (κ3) is 5.74. The first-order valence-electron chi connectivity index (χ1n) is 5.53. The van der Waals surface area contributed by atoms with Crippen LogP contribution in [0.3, 0.4) is 0 Å². The lowest BCUT2D eigenvalue weighted by Gasteiger charge is -2.29. The molecule has 0 radical (unpaired) electrons. The van der Waals surface area contributed by atoms with Gasteiger partial charge >= 0.3 is 6.18 Å². The van der Waals surface area contributed by atoms with Crippen molar-refractivity contribution in [3.05, 3.63) is 0 Å². The molecular formula is C9H15F3N2O4S. The predicted octanol–water partition coefficient (Wildman–Crippen LogP) is 0.268. The van der Waals surface area contributed by atoms with E-state index < -0.39 is 34.6 Å². The first kappa shape index (κ1) is 16.2. The number of hydrogen-bond donors (Lipinski definition) is 1. The zero-order valence-electron chi connectivity index (χ0n) is 10.2. The van der Waals surface area contributed by atoms with Crippen LogP contribution < -0.4 is 5.48 Å². The van der Waals surface area contributed by atoms with E-state index in [4.69, 9.17) is 0 Å². The van der Waals surface area contributed by atoms with Crippen molar-refractivity contribution in [3.8, 4) is 0 Å². The second-order valence-corrected chi connectivity index (χ2v) is 6.29. The van der Waals surface area contributed by atoms with Crippen molar-refractivity contribution in [1.29, 1.82) is 0 Å². The van der Waals surface area contributed by atoms with E-state index >= 15 is 0 Å². The van der Waals surface area contributed by atoms with E-state index in [9.17, 15) is 26.4 Å². The van der Waals surface area contributed by atoms with Crippen LogP contribution in [0.5, 0.6) is 0 Å². The van der Waals surface area contributed by atoms with E-state index in [1.807, 2.05) is 0 Å². The van der Waals surface area contributed by atoms with Crippen LogP contribution in [-0.4, -0.2) is 50.8 Å². The number of nitrogens with one attached hydrogen (secondary N) is 1. The zero-order chi connectivity index (χ0) is 14.7. The largest absolute Gasteiger partial charge is 0.414 e. The van der Waals surface area contributed by atoms with Crippen molar-refractivity contribution >= 4 is 15.9 Å². The van der Waals surface area contributed by atoms with Crippen molar-refractivity contribution < 1.29 is 31.2 Å². The summed E-state index contributed by atoms with van der Waals surface area (Å²) in [6.45, 7) is -1.20. The molecule has 0 aromatic rings. The summed E-state index contributed by atoms with van der Waals surface area (Å²) in [5.41, 5.74) is 1.74. The molecule has 10 heteroatoms. The highest BCUT2D eigenvalue weighted by atomic mass is 32.2. The van der Waals surface area contributed by atoms with Crippen molar-refractivity contribution in [1.82, 2.24) is 9.79 Å². The Bertz CT molecular complexity index is 416. The molecule has 0 bridgehead atoms. The fourth-order valence-electron chi connectivity index (χ4n) is 1.72. The van der Waals surface area contributed by atoms with Gasteiger partial charge < -0.3 is 0 Å². The Morgan fingerprint density at radius 3 is 2.32 bits per heavy atom. The molecule has 0 atom stereocenters. The molecule has 1 rings (SSSR count). The molecule has 1 fully saturated rings. The molecule has 0 spiro atoms. The standard InChI is InChI=1S/C9H15F3N2O4S/c1-19(16,17)14-4-2-7(3-5-14)8(15)13-18-6-9(10,11)12/h7H,2-6H2,1H3,(H,13,15). The SMILES string of the molecule is CS(=O)(=O)N1CCC(C(=O)NOCC(F)(F)F)CC1. The van der Waals surface area contributed by atoms with Gasteiger partial charge in [-0.15, -0.1) is 0 Å². The van der Waals surface area contributed by atoms with Crippen LogP contribution in [0, 0.1) is 5.92 Å². The molecule has 0 aromatic carbocycles. The number of halogens is 3. The van der Waals surface area contributed by atoms with E-state index in [1.54, 1.807) is 5.48 Å². The van der Waals surface area contributed by atoms with E-state index in [1.165, 1.54) is 4.31 Å². The first-order chi connectivity index (χ1) is 8.59. The molecular weight excluding hydrogens is 289 g/mol. The van der Waals surface area contributed by atoms with Crippen LogP contribution >= 0.6 is 0 Å². The summed E-state index contributed by atoms with van der Waals surface area (Å²) in [5, 5.41) is 0. The summed E-state index contributed by atoms with van der Waals surface area (Å²) < 4.78 is 59.0. The van der Waals surface area contributed by atoms with E-state index in [-0.39, 0.29) is 25.9 Å². The smallest absolute Gasteiger partial charge is 0.272 e. The molecule has 112 valence electrons. The second kappa shape index (κ2) is 6.06. The lowest BCUT2D eigenvalue weighted by molar-refractivity contribution is -0.193. The minimum Gasteiger partial charge on any atom is -0.272 e. The van der Waals surface area contributed by atoms with E-state index in [0.29, 0.717) is 0 Å². The zero-order valence-corrected chi connectivity index (χ0v) is 11.1. The number of sulfonamides is 1. The summed E-state index contributed by atoms with van der Waals surface area (Å²) in [4.78, 5) is 15.5. The minimum atomic E-state index is -4.51. The van der Waals surface area contributed by atoms with Crippen LogP contribution in [0.2, 0.25) is 0 Å². The number of carbonyl (C=O) groups is 1. The van der Waals surface area contributed by atoms with Crippen molar-refractivity contribution in [2.24, 2.45) is 5.92 Å². The Labute approximate surface area is 108 Å². The van der Waals surface area contributed by atoms with E-state index in [2.05, 4.69) is 4.84 Å². The summed E-state index contributed by atoms with van der Waals surface area (Å²) >= 11 is 0. The number of piperidine rings is 1. The maximum atomic E-state index is 11.8. The highest BCUT2D eigenvalue weighted by Gasteiger charge is 2.31. The molecule has 1 amide bonds. The summed E-state index contributed by atoms with van der Waals surface area (Å²) in [6.07, 6.45) is -2.92. The Balaban J connectivity index is 2.33. The number of hydrogen-bond acceptors (Lipinski definition) is 4. The van der Waals surface area contributed by atoms with Crippen LogP contribution in [-0.2, 0) is 19.7 Å². The predicted molar refractivity (Wildman–Crippen MR) is 59.3 cm³/mol. The number of alkyl halides is 3. The third-order valence-corrected chi connectivity index (χ3v) is 4.01. The summed E-state index contributed by atoms with van der Waals surface area (Å²) in [7, 11) is -3.29. The van der Waals surface area contributed by atoms with Crippen LogP contribution in [0.15, 0.2) is 0 Å². The average Bonchev–Trinajstić information content (AvgIpc) is 2.26. The van der Waals surface area contributed by atoms with Crippen molar-refractivity contribution in [2.75, 3.05) is 26.0 Å². The topological polar surface area (TPSA) is 75.7 Å². The molecule has 0 aromatic heterocycles. The molecule has 1 saturated heterocycles. The average molecular weight is 304 g/mol. The van der Waals surface area contributed by atoms with Gasteiger partial charge in [0.15, 0.2) is 6.61 Å². The highest BCUT2D eigenvalue weighted by Crippen LogP contribution is 2.19. The quantitative estimate of drug-likeness (QED) is 0.756.